The minimum absolute atomic E-state index is 0.0662. The third-order valence-corrected chi connectivity index (χ3v) is 9.57. The molecule has 0 radical (unpaired) electrons. The maximum Gasteiger partial charge on any atom is 0.490 e. The minimum Gasteiger partial charge on any atom is -0.411 e. The summed E-state index contributed by atoms with van der Waals surface area (Å²) in [5.74, 6) is 0. The first kappa shape index (κ1) is 16.5. The second-order valence-corrected chi connectivity index (χ2v) is 11.6. The van der Waals surface area contributed by atoms with Crippen LogP contribution in [0.4, 0.5) is 0 Å². The fraction of sp³-hybridized carbons (Fsp3) is 0.500. The van der Waals surface area contributed by atoms with Crippen LogP contribution in [0.5, 0.6) is 0 Å². The van der Waals surface area contributed by atoms with E-state index in [0.717, 1.165) is 5.19 Å². The lowest BCUT2D eigenvalue weighted by Crippen LogP contribution is -2.57. The molecule has 2 atom stereocenters. The molecule has 0 aromatic heterocycles. The van der Waals surface area contributed by atoms with Gasteiger partial charge in [-0.3, -0.25) is 0 Å². The van der Waals surface area contributed by atoms with Gasteiger partial charge in [0.05, 0.1) is 12.7 Å². The van der Waals surface area contributed by atoms with Crippen LogP contribution in [0.3, 0.4) is 0 Å². The van der Waals surface area contributed by atoms with Gasteiger partial charge < -0.3 is 23.5 Å². The van der Waals surface area contributed by atoms with Gasteiger partial charge in [0.1, 0.15) is 0 Å². The lowest BCUT2D eigenvalue weighted by atomic mass is 10.4. The zero-order valence-corrected chi connectivity index (χ0v) is 13.5. The molecule has 0 spiro atoms. The summed E-state index contributed by atoms with van der Waals surface area (Å²) in [5, 5.41) is 19.4. The highest BCUT2D eigenvalue weighted by Crippen LogP contribution is 2.18. The summed E-state index contributed by atoms with van der Waals surface area (Å²) >= 11 is 0. The topological polar surface area (TPSA) is 79.2 Å². The average Bonchev–Trinajstić information content (AvgIpc) is 2.39. The molecule has 108 valence electrons. The third-order valence-electron chi connectivity index (χ3n) is 2.91. The molecule has 0 amide bonds. The van der Waals surface area contributed by atoms with Gasteiger partial charge in [0, 0.05) is 13.2 Å². The van der Waals surface area contributed by atoms with Gasteiger partial charge in [0.25, 0.3) is 0 Å². The Balaban J connectivity index is 2.85. The zero-order valence-electron chi connectivity index (χ0n) is 11.5. The van der Waals surface area contributed by atoms with Gasteiger partial charge in [0.15, 0.2) is 0 Å². The molecule has 0 aliphatic carbocycles. The van der Waals surface area contributed by atoms with Crippen molar-refractivity contribution in [3.63, 3.8) is 0 Å². The molecule has 7 heteroatoms. The average molecular weight is 302 g/mol. The van der Waals surface area contributed by atoms with Gasteiger partial charge in [-0.25, -0.2) is 0 Å². The van der Waals surface area contributed by atoms with Crippen molar-refractivity contribution in [1.29, 1.82) is 0 Å². The molecule has 19 heavy (non-hydrogen) atoms. The van der Waals surface area contributed by atoms with Crippen molar-refractivity contribution in [1.82, 2.24) is 0 Å². The fourth-order valence-electron chi connectivity index (χ4n) is 1.83. The SMILES string of the molecule is CO[Si](O)(CC(O)CO)O[Si](C)(C)c1ccccc1. The Morgan fingerprint density at radius 1 is 1.21 bits per heavy atom. The van der Waals surface area contributed by atoms with E-state index >= 15 is 0 Å². The lowest BCUT2D eigenvalue weighted by Gasteiger charge is -2.33. The Morgan fingerprint density at radius 3 is 2.26 bits per heavy atom. The van der Waals surface area contributed by atoms with Crippen molar-refractivity contribution in [3.8, 4) is 0 Å². The van der Waals surface area contributed by atoms with E-state index < -0.39 is 29.8 Å². The molecular weight excluding hydrogens is 280 g/mol. The van der Waals surface area contributed by atoms with E-state index in [-0.39, 0.29) is 6.04 Å². The van der Waals surface area contributed by atoms with Crippen molar-refractivity contribution >= 4 is 22.3 Å². The standard InChI is InChI=1S/C12H22O5Si2/c1-16-19(15,10-11(14)9-13)17-18(2,3)12-7-5-4-6-8-12/h4-8,11,13-15H,9-10H2,1-3H3. The summed E-state index contributed by atoms with van der Waals surface area (Å²) in [6, 6.07) is 9.61. The quantitative estimate of drug-likeness (QED) is 0.620. The zero-order chi connectivity index (χ0) is 14.5. The van der Waals surface area contributed by atoms with Crippen molar-refractivity contribution in [3.05, 3.63) is 30.3 Å². The van der Waals surface area contributed by atoms with E-state index in [1.807, 2.05) is 43.4 Å². The summed E-state index contributed by atoms with van der Waals surface area (Å²) in [6.45, 7) is 3.50. The molecule has 0 saturated carbocycles. The molecule has 0 saturated heterocycles. The summed E-state index contributed by atoms with van der Waals surface area (Å²) in [6.07, 6.45) is -1.03. The number of hydrogen-bond donors (Lipinski definition) is 3. The smallest absolute Gasteiger partial charge is 0.411 e. The van der Waals surface area contributed by atoms with Crippen LogP contribution in [0.15, 0.2) is 30.3 Å². The monoisotopic (exact) mass is 302 g/mol. The van der Waals surface area contributed by atoms with Crippen LogP contribution in [-0.4, -0.2) is 52.0 Å². The Morgan fingerprint density at radius 2 is 1.79 bits per heavy atom. The van der Waals surface area contributed by atoms with Crippen molar-refractivity contribution in [2.75, 3.05) is 13.7 Å². The van der Waals surface area contributed by atoms with Gasteiger partial charge in [-0.05, 0) is 18.3 Å². The Labute approximate surface area is 115 Å². The van der Waals surface area contributed by atoms with E-state index in [0.29, 0.717) is 0 Å². The van der Waals surface area contributed by atoms with E-state index in [9.17, 15) is 9.90 Å². The fourth-order valence-corrected chi connectivity index (χ4v) is 8.04. The Kier molecular flexibility index (Phi) is 5.87. The minimum atomic E-state index is -3.47. The Bertz CT molecular complexity index is 387. The van der Waals surface area contributed by atoms with E-state index in [1.165, 1.54) is 7.11 Å². The number of aliphatic hydroxyl groups is 2. The molecular formula is C12H22O5Si2. The van der Waals surface area contributed by atoms with Crippen LogP contribution < -0.4 is 5.19 Å². The van der Waals surface area contributed by atoms with Crippen LogP contribution in [0.1, 0.15) is 0 Å². The first-order chi connectivity index (χ1) is 8.83. The normalized spacial score (nSPS) is 16.9. The highest BCUT2D eigenvalue weighted by Gasteiger charge is 2.44. The number of rotatable bonds is 7. The number of aliphatic hydroxyl groups excluding tert-OH is 2. The second kappa shape index (κ2) is 6.75. The van der Waals surface area contributed by atoms with Crippen molar-refractivity contribution < 1.29 is 23.5 Å². The lowest BCUT2D eigenvalue weighted by molar-refractivity contribution is 0.0875. The van der Waals surface area contributed by atoms with Crippen LogP contribution in [-0.2, 0) is 8.54 Å². The van der Waals surface area contributed by atoms with Crippen LogP contribution in [0.2, 0.25) is 19.1 Å². The molecule has 2 unspecified atom stereocenters. The number of hydrogen-bond acceptors (Lipinski definition) is 5. The van der Waals surface area contributed by atoms with Gasteiger partial charge in [-0.15, -0.1) is 0 Å². The molecule has 5 nitrogen and oxygen atoms in total. The second-order valence-electron chi connectivity index (χ2n) is 4.94. The predicted octanol–water partition coefficient (Wildman–Crippen LogP) is 0.0461. The van der Waals surface area contributed by atoms with Crippen LogP contribution in [0, 0.1) is 0 Å². The molecule has 1 aromatic rings. The van der Waals surface area contributed by atoms with Gasteiger partial charge in [0.2, 0.25) is 8.32 Å². The molecule has 0 aliphatic heterocycles. The molecule has 3 N–H and O–H groups in total. The predicted molar refractivity (Wildman–Crippen MR) is 77.5 cm³/mol. The maximum absolute atomic E-state index is 10.4. The maximum atomic E-state index is 10.4. The Hall–Kier alpha value is -0.546. The van der Waals surface area contributed by atoms with Crippen molar-refractivity contribution in [2.24, 2.45) is 0 Å². The van der Waals surface area contributed by atoms with Crippen LogP contribution in [0.25, 0.3) is 0 Å². The van der Waals surface area contributed by atoms with Gasteiger partial charge >= 0.3 is 8.80 Å². The van der Waals surface area contributed by atoms with Gasteiger partial charge in [-0.1, -0.05) is 30.3 Å². The molecule has 0 heterocycles. The summed E-state index contributed by atoms with van der Waals surface area (Å²) in [5.41, 5.74) is 0. The molecule has 0 bridgehead atoms. The molecule has 1 rings (SSSR count). The number of benzene rings is 1. The highest BCUT2D eigenvalue weighted by molar-refractivity contribution is 6.90. The molecule has 0 aliphatic rings. The van der Waals surface area contributed by atoms with E-state index in [4.69, 9.17) is 13.6 Å². The van der Waals surface area contributed by atoms with Crippen molar-refractivity contribution in [2.45, 2.75) is 25.2 Å². The molecule has 0 fully saturated rings. The molecule has 1 aromatic carbocycles. The van der Waals surface area contributed by atoms with Gasteiger partial charge in [-0.2, -0.15) is 0 Å². The third kappa shape index (κ3) is 4.80. The first-order valence-corrected chi connectivity index (χ1v) is 11.0. The van der Waals surface area contributed by atoms with Crippen LogP contribution >= 0.6 is 0 Å². The van der Waals surface area contributed by atoms with E-state index in [2.05, 4.69) is 0 Å². The first-order valence-electron chi connectivity index (χ1n) is 6.15. The highest BCUT2D eigenvalue weighted by atomic mass is 28.5. The summed E-state index contributed by atoms with van der Waals surface area (Å²) < 4.78 is 11.0. The summed E-state index contributed by atoms with van der Waals surface area (Å²) in [7, 11) is -4.43. The largest absolute Gasteiger partial charge is 0.490 e. The summed E-state index contributed by atoms with van der Waals surface area (Å²) in [4.78, 5) is 10.4. The van der Waals surface area contributed by atoms with E-state index in [1.54, 1.807) is 0 Å².